The molecule has 0 spiro atoms. The van der Waals surface area contributed by atoms with Crippen LogP contribution in [0.25, 0.3) is 0 Å². The molecule has 1 aromatic carbocycles. The van der Waals surface area contributed by atoms with E-state index in [0.717, 1.165) is 24.1 Å². The van der Waals surface area contributed by atoms with Crippen LogP contribution in [-0.2, 0) is 16.0 Å². The van der Waals surface area contributed by atoms with E-state index in [1.54, 1.807) is 0 Å². The Morgan fingerprint density at radius 1 is 1.19 bits per heavy atom. The van der Waals surface area contributed by atoms with E-state index < -0.39 is 5.97 Å². The van der Waals surface area contributed by atoms with Gasteiger partial charge in [0, 0.05) is 18.5 Å². The van der Waals surface area contributed by atoms with Crippen LogP contribution in [0.2, 0.25) is 0 Å². The Hall–Kier alpha value is -1.84. The highest BCUT2D eigenvalue weighted by Crippen LogP contribution is 2.26. The molecular weight excluding hydrogens is 266 g/mol. The lowest BCUT2D eigenvalue weighted by Gasteiger charge is -2.20. The predicted octanol–water partition coefficient (Wildman–Crippen LogP) is 3.61. The second-order valence-electron chi connectivity index (χ2n) is 5.85. The van der Waals surface area contributed by atoms with E-state index in [9.17, 15) is 9.59 Å². The van der Waals surface area contributed by atoms with Crippen molar-refractivity contribution in [3.05, 3.63) is 29.8 Å². The second-order valence-corrected chi connectivity index (χ2v) is 5.85. The van der Waals surface area contributed by atoms with Gasteiger partial charge in [0.05, 0.1) is 0 Å². The van der Waals surface area contributed by atoms with Crippen molar-refractivity contribution in [3.63, 3.8) is 0 Å². The molecule has 4 heteroatoms. The fraction of sp³-hybridized carbons (Fsp3) is 0.529. The third-order valence-corrected chi connectivity index (χ3v) is 4.04. The molecule has 0 atom stereocenters. The predicted molar refractivity (Wildman–Crippen MR) is 82.2 cm³/mol. The van der Waals surface area contributed by atoms with Gasteiger partial charge in [-0.25, -0.2) is 0 Å². The van der Waals surface area contributed by atoms with Crippen molar-refractivity contribution in [2.24, 2.45) is 5.92 Å². The van der Waals surface area contributed by atoms with Gasteiger partial charge in [-0.05, 0) is 42.9 Å². The van der Waals surface area contributed by atoms with Crippen LogP contribution in [0.15, 0.2) is 24.3 Å². The summed E-state index contributed by atoms with van der Waals surface area (Å²) in [6.07, 6.45) is 7.29. The van der Waals surface area contributed by atoms with E-state index in [1.165, 1.54) is 19.3 Å². The van der Waals surface area contributed by atoms with Crippen LogP contribution in [0.5, 0.6) is 0 Å². The molecule has 4 nitrogen and oxygen atoms in total. The highest BCUT2D eigenvalue weighted by Gasteiger charge is 2.17. The van der Waals surface area contributed by atoms with Gasteiger partial charge in [-0.1, -0.05) is 31.4 Å². The van der Waals surface area contributed by atoms with Gasteiger partial charge in [-0.2, -0.15) is 0 Å². The molecule has 1 fully saturated rings. The van der Waals surface area contributed by atoms with Crippen LogP contribution in [0, 0.1) is 5.92 Å². The summed E-state index contributed by atoms with van der Waals surface area (Å²) >= 11 is 0. The maximum atomic E-state index is 12.1. The SMILES string of the molecule is O=C(O)CCc1cccc(NC(=O)CC2CCCCC2)c1. The molecule has 0 unspecified atom stereocenters. The minimum atomic E-state index is -0.804. The van der Waals surface area contributed by atoms with Gasteiger partial charge in [0.2, 0.25) is 5.91 Å². The zero-order valence-electron chi connectivity index (χ0n) is 12.3. The molecule has 0 saturated heterocycles. The van der Waals surface area contributed by atoms with E-state index in [-0.39, 0.29) is 12.3 Å². The molecule has 0 radical (unpaired) electrons. The third kappa shape index (κ3) is 5.58. The number of rotatable bonds is 6. The number of carbonyl (C=O) groups is 2. The smallest absolute Gasteiger partial charge is 0.303 e. The van der Waals surface area contributed by atoms with Crippen molar-refractivity contribution in [2.45, 2.75) is 51.4 Å². The van der Waals surface area contributed by atoms with Crippen molar-refractivity contribution in [1.82, 2.24) is 0 Å². The summed E-state index contributed by atoms with van der Waals surface area (Å²) in [5, 5.41) is 11.6. The second kappa shape index (κ2) is 7.81. The lowest BCUT2D eigenvalue weighted by molar-refractivity contribution is -0.137. The summed E-state index contributed by atoms with van der Waals surface area (Å²) in [6, 6.07) is 7.46. The summed E-state index contributed by atoms with van der Waals surface area (Å²) in [7, 11) is 0. The van der Waals surface area contributed by atoms with Gasteiger partial charge >= 0.3 is 5.97 Å². The first-order valence-electron chi connectivity index (χ1n) is 7.74. The number of nitrogens with one attached hydrogen (secondary N) is 1. The van der Waals surface area contributed by atoms with Crippen molar-refractivity contribution in [1.29, 1.82) is 0 Å². The topological polar surface area (TPSA) is 66.4 Å². The Morgan fingerprint density at radius 3 is 2.67 bits per heavy atom. The zero-order valence-corrected chi connectivity index (χ0v) is 12.3. The van der Waals surface area contributed by atoms with Gasteiger partial charge in [0.15, 0.2) is 0 Å². The Kier molecular flexibility index (Phi) is 5.78. The van der Waals surface area contributed by atoms with Gasteiger partial charge in [0.25, 0.3) is 0 Å². The molecule has 1 amide bonds. The standard InChI is InChI=1S/C17H23NO3/c19-16(12-13-5-2-1-3-6-13)18-15-8-4-7-14(11-15)9-10-17(20)21/h4,7-8,11,13H,1-3,5-6,9-10,12H2,(H,18,19)(H,20,21). The van der Waals surface area contributed by atoms with E-state index >= 15 is 0 Å². The third-order valence-electron chi connectivity index (χ3n) is 4.04. The normalized spacial score (nSPS) is 15.6. The summed E-state index contributed by atoms with van der Waals surface area (Å²) in [5.74, 6) is -0.215. The van der Waals surface area contributed by atoms with Crippen molar-refractivity contribution in [2.75, 3.05) is 5.32 Å². The molecule has 2 rings (SSSR count). The molecule has 0 aliphatic heterocycles. The average Bonchev–Trinajstić information content (AvgIpc) is 2.46. The molecule has 1 saturated carbocycles. The van der Waals surface area contributed by atoms with E-state index in [2.05, 4.69) is 5.32 Å². The minimum absolute atomic E-state index is 0.0669. The van der Waals surface area contributed by atoms with Gasteiger partial charge < -0.3 is 10.4 Å². The van der Waals surface area contributed by atoms with Gasteiger partial charge in [-0.15, -0.1) is 0 Å². The van der Waals surface area contributed by atoms with E-state index in [1.807, 2.05) is 24.3 Å². The lowest BCUT2D eigenvalue weighted by Crippen LogP contribution is -2.18. The molecule has 2 N–H and O–H groups in total. The monoisotopic (exact) mass is 289 g/mol. The molecular formula is C17H23NO3. The van der Waals surface area contributed by atoms with Crippen LogP contribution >= 0.6 is 0 Å². The van der Waals surface area contributed by atoms with Crippen LogP contribution < -0.4 is 5.32 Å². The minimum Gasteiger partial charge on any atom is -0.481 e. The van der Waals surface area contributed by atoms with Crippen molar-refractivity contribution >= 4 is 17.6 Å². The number of carboxylic acid groups (broad SMARTS) is 1. The quantitative estimate of drug-likeness (QED) is 0.840. The summed E-state index contributed by atoms with van der Waals surface area (Å²) in [4.78, 5) is 22.6. The Labute approximate surface area is 125 Å². The van der Waals surface area contributed by atoms with Crippen molar-refractivity contribution in [3.8, 4) is 0 Å². The zero-order chi connectivity index (χ0) is 15.1. The Morgan fingerprint density at radius 2 is 1.95 bits per heavy atom. The molecule has 114 valence electrons. The lowest BCUT2D eigenvalue weighted by atomic mass is 9.87. The van der Waals surface area contributed by atoms with Crippen LogP contribution in [-0.4, -0.2) is 17.0 Å². The average molecular weight is 289 g/mol. The molecule has 21 heavy (non-hydrogen) atoms. The van der Waals surface area contributed by atoms with Crippen LogP contribution in [0.4, 0.5) is 5.69 Å². The van der Waals surface area contributed by atoms with E-state index in [0.29, 0.717) is 18.8 Å². The number of hydrogen-bond donors (Lipinski definition) is 2. The summed E-state index contributed by atoms with van der Waals surface area (Å²) in [5.41, 5.74) is 1.70. The first-order valence-corrected chi connectivity index (χ1v) is 7.74. The Balaban J connectivity index is 1.85. The number of carbonyl (C=O) groups excluding carboxylic acids is 1. The fourth-order valence-electron chi connectivity index (χ4n) is 2.92. The van der Waals surface area contributed by atoms with E-state index in [4.69, 9.17) is 5.11 Å². The maximum Gasteiger partial charge on any atom is 0.303 e. The van der Waals surface area contributed by atoms with Gasteiger partial charge in [0.1, 0.15) is 0 Å². The molecule has 1 aliphatic rings. The first kappa shape index (κ1) is 15.5. The number of aryl methyl sites for hydroxylation is 1. The number of benzene rings is 1. The molecule has 0 aromatic heterocycles. The number of anilines is 1. The number of hydrogen-bond acceptors (Lipinski definition) is 2. The number of aliphatic carboxylic acids is 1. The van der Waals surface area contributed by atoms with Crippen molar-refractivity contribution < 1.29 is 14.7 Å². The highest BCUT2D eigenvalue weighted by atomic mass is 16.4. The number of carboxylic acids is 1. The molecule has 1 aromatic rings. The summed E-state index contributed by atoms with van der Waals surface area (Å²) < 4.78 is 0. The number of amides is 1. The van der Waals surface area contributed by atoms with Crippen LogP contribution in [0.1, 0.15) is 50.5 Å². The molecule has 1 aliphatic carbocycles. The summed E-state index contributed by atoms with van der Waals surface area (Å²) in [6.45, 7) is 0. The fourth-order valence-corrected chi connectivity index (χ4v) is 2.92. The van der Waals surface area contributed by atoms with Gasteiger partial charge in [-0.3, -0.25) is 9.59 Å². The first-order chi connectivity index (χ1) is 10.1. The molecule has 0 heterocycles. The molecule has 0 bridgehead atoms. The van der Waals surface area contributed by atoms with Crippen LogP contribution in [0.3, 0.4) is 0 Å². The highest BCUT2D eigenvalue weighted by molar-refractivity contribution is 5.90. The maximum absolute atomic E-state index is 12.1. The largest absolute Gasteiger partial charge is 0.481 e. The Bertz CT molecular complexity index is 493.